The van der Waals surface area contributed by atoms with Crippen LogP contribution in [0.15, 0.2) is 35.7 Å². The molecule has 0 bridgehead atoms. The van der Waals surface area contributed by atoms with Crippen LogP contribution in [0.3, 0.4) is 0 Å². The number of nitrogens with one attached hydrogen (secondary N) is 1. The summed E-state index contributed by atoms with van der Waals surface area (Å²) in [6.07, 6.45) is 3.20. The fraction of sp³-hybridized carbons (Fsp3) is 0.400. The van der Waals surface area contributed by atoms with Crippen molar-refractivity contribution in [1.82, 2.24) is 10.2 Å². The zero-order valence-electron chi connectivity index (χ0n) is 14.8. The van der Waals surface area contributed by atoms with Crippen LogP contribution in [-0.2, 0) is 16.8 Å². The quantitative estimate of drug-likeness (QED) is 0.646. The third-order valence-electron chi connectivity index (χ3n) is 5.12. The molecule has 1 N–H and O–H groups in total. The van der Waals surface area contributed by atoms with E-state index < -0.39 is 5.54 Å². The van der Waals surface area contributed by atoms with Crippen molar-refractivity contribution in [3.63, 3.8) is 0 Å². The number of benzene rings is 1. The number of ether oxygens (including phenoxy) is 1. The average molecular weight is 370 g/mol. The third-order valence-corrected chi connectivity index (χ3v) is 6.10. The van der Waals surface area contributed by atoms with Crippen molar-refractivity contribution in [1.29, 1.82) is 0 Å². The van der Waals surface area contributed by atoms with Gasteiger partial charge in [0.1, 0.15) is 11.3 Å². The van der Waals surface area contributed by atoms with Crippen molar-refractivity contribution in [2.24, 2.45) is 0 Å². The molecule has 2 aromatic rings. The number of urea groups is 1. The van der Waals surface area contributed by atoms with Gasteiger partial charge in [0.2, 0.25) is 0 Å². The highest BCUT2D eigenvalue weighted by molar-refractivity contribution is 7.10. The average Bonchev–Trinajstić information content (AvgIpc) is 3.18. The number of aryl methyl sites for hydroxylation is 2. The molecule has 1 aromatic carbocycles. The fourth-order valence-electron chi connectivity index (χ4n) is 3.86. The maximum Gasteiger partial charge on any atom is 0.325 e. The monoisotopic (exact) mass is 370 g/mol. The first kappa shape index (κ1) is 17.1. The van der Waals surface area contributed by atoms with Crippen molar-refractivity contribution in [2.45, 2.75) is 38.1 Å². The number of fused-ring (bicyclic) bond motifs is 2. The molecule has 0 saturated carbocycles. The van der Waals surface area contributed by atoms with Gasteiger partial charge < -0.3 is 10.1 Å². The number of thiophene rings is 1. The number of rotatable bonds is 5. The Labute approximate surface area is 157 Å². The molecule has 26 heavy (non-hydrogen) atoms. The molecule has 136 valence electrons. The SMILES string of the molecule is Cc1cccc(OCCCN2C(=O)N[C@]3(CCCc4sccc43)C2=O)c1. The maximum absolute atomic E-state index is 13.1. The summed E-state index contributed by atoms with van der Waals surface area (Å²) in [6, 6.07) is 9.56. The molecule has 2 aliphatic rings. The molecule has 1 saturated heterocycles. The highest BCUT2D eigenvalue weighted by atomic mass is 32.1. The maximum atomic E-state index is 13.1. The van der Waals surface area contributed by atoms with Crippen molar-refractivity contribution in [3.05, 3.63) is 51.7 Å². The van der Waals surface area contributed by atoms with Crippen molar-refractivity contribution < 1.29 is 14.3 Å². The molecule has 0 unspecified atom stereocenters. The summed E-state index contributed by atoms with van der Waals surface area (Å²) < 4.78 is 5.73. The standard InChI is InChI=1S/C20H22N2O3S/c1-14-5-2-6-15(13-14)25-11-4-10-22-18(23)20(21-19(22)24)9-3-7-17-16(20)8-12-26-17/h2,5-6,8,12-13H,3-4,7,9-11H2,1H3,(H,21,24)/t20-/m0/s1. The lowest BCUT2D eigenvalue weighted by molar-refractivity contribution is -0.132. The van der Waals surface area contributed by atoms with E-state index in [0.717, 1.165) is 29.7 Å². The topological polar surface area (TPSA) is 58.6 Å². The fourth-order valence-corrected chi connectivity index (χ4v) is 4.86. The minimum Gasteiger partial charge on any atom is -0.494 e. The molecule has 5 nitrogen and oxygen atoms in total. The van der Waals surface area contributed by atoms with E-state index in [1.165, 1.54) is 9.78 Å². The van der Waals surface area contributed by atoms with Gasteiger partial charge in [0.15, 0.2) is 0 Å². The van der Waals surface area contributed by atoms with E-state index in [-0.39, 0.29) is 11.9 Å². The highest BCUT2D eigenvalue weighted by Crippen LogP contribution is 2.42. The largest absolute Gasteiger partial charge is 0.494 e. The number of carbonyl (C=O) groups is 2. The van der Waals surface area contributed by atoms with E-state index in [1.54, 1.807) is 11.3 Å². The Kier molecular flexibility index (Phi) is 4.44. The Morgan fingerprint density at radius 3 is 3.04 bits per heavy atom. The zero-order valence-corrected chi connectivity index (χ0v) is 15.6. The second-order valence-corrected chi connectivity index (χ2v) is 7.92. The lowest BCUT2D eigenvalue weighted by Gasteiger charge is -2.31. The van der Waals surface area contributed by atoms with Gasteiger partial charge in [-0.05, 0) is 61.7 Å². The van der Waals surface area contributed by atoms with Gasteiger partial charge in [-0.1, -0.05) is 12.1 Å². The molecule has 1 fully saturated rings. The molecule has 1 spiro atoms. The summed E-state index contributed by atoms with van der Waals surface area (Å²) in [5, 5.41) is 4.99. The number of hydrogen-bond donors (Lipinski definition) is 1. The van der Waals surface area contributed by atoms with Gasteiger partial charge in [0.25, 0.3) is 5.91 Å². The van der Waals surface area contributed by atoms with Crippen LogP contribution in [0.25, 0.3) is 0 Å². The van der Waals surface area contributed by atoms with Crippen molar-refractivity contribution in [2.75, 3.05) is 13.2 Å². The highest BCUT2D eigenvalue weighted by Gasteiger charge is 2.54. The van der Waals surface area contributed by atoms with Crippen LogP contribution < -0.4 is 10.1 Å². The van der Waals surface area contributed by atoms with E-state index >= 15 is 0 Å². The predicted molar refractivity (Wildman–Crippen MR) is 100 cm³/mol. The molecule has 6 heteroatoms. The van der Waals surface area contributed by atoms with Crippen LogP contribution in [0, 0.1) is 6.92 Å². The van der Waals surface area contributed by atoms with Crippen molar-refractivity contribution in [3.8, 4) is 5.75 Å². The molecule has 3 amide bonds. The molecule has 1 atom stereocenters. The summed E-state index contributed by atoms with van der Waals surface area (Å²) in [7, 11) is 0. The summed E-state index contributed by atoms with van der Waals surface area (Å²) in [4.78, 5) is 28.1. The summed E-state index contributed by atoms with van der Waals surface area (Å²) in [5.74, 6) is 0.700. The Balaban J connectivity index is 1.40. The van der Waals surface area contributed by atoms with E-state index in [2.05, 4.69) is 5.32 Å². The molecule has 2 heterocycles. The lowest BCUT2D eigenvalue weighted by Crippen LogP contribution is -2.46. The van der Waals surface area contributed by atoms with Crippen LogP contribution in [0.2, 0.25) is 0 Å². The smallest absolute Gasteiger partial charge is 0.325 e. The van der Waals surface area contributed by atoms with Crippen LogP contribution in [0.1, 0.15) is 35.3 Å². The molecular weight excluding hydrogens is 348 g/mol. The first-order valence-corrected chi connectivity index (χ1v) is 9.88. The molecule has 1 aliphatic heterocycles. The van der Waals surface area contributed by atoms with E-state index in [0.29, 0.717) is 26.0 Å². The van der Waals surface area contributed by atoms with Crippen LogP contribution in [0.4, 0.5) is 4.79 Å². The number of amides is 3. The summed E-state index contributed by atoms with van der Waals surface area (Å²) >= 11 is 1.67. The van der Waals surface area contributed by atoms with Gasteiger partial charge in [-0.15, -0.1) is 11.3 Å². The molecule has 4 rings (SSSR count). The Morgan fingerprint density at radius 2 is 2.19 bits per heavy atom. The first-order valence-electron chi connectivity index (χ1n) is 9.00. The Bertz CT molecular complexity index is 847. The zero-order chi connectivity index (χ0) is 18.1. The number of carbonyl (C=O) groups excluding carboxylic acids is 2. The van der Waals surface area contributed by atoms with Gasteiger partial charge >= 0.3 is 6.03 Å². The van der Waals surface area contributed by atoms with Gasteiger partial charge in [0, 0.05) is 17.0 Å². The van der Waals surface area contributed by atoms with Gasteiger partial charge in [0.05, 0.1) is 6.61 Å². The molecule has 1 aliphatic carbocycles. The number of hydrogen-bond acceptors (Lipinski definition) is 4. The third kappa shape index (κ3) is 2.88. The summed E-state index contributed by atoms with van der Waals surface area (Å²) in [6.45, 7) is 2.86. The second-order valence-electron chi connectivity index (χ2n) is 6.92. The van der Waals surface area contributed by atoms with E-state index in [9.17, 15) is 9.59 Å². The van der Waals surface area contributed by atoms with Gasteiger partial charge in [-0.25, -0.2) is 4.79 Å². The van der Waals surface area contributed by atoms with E-state index in [1.807, 2.05) is 42.6 Å². The normalized spacial score (nSPS) is 21.8. The Morgan fingerprint density at radius 1 is 1.31 bits per heavy atom. The molecule has 0 radical (unpaired) electrons. The first-order chi connectivity index (χ1) is 12.6. The van der Waals surface area contributed by atoms with Crippen LogP contribution in [-0.4, -0.2) is 30.0 Å². The molecular formula is C20H22N2O3S. The molecule has 1 aromatic heterocycles. The van der Waals surface area contributed by atoms with E-state index in [4.69, 9.17) is 4.74 Å². The second kappa shape index (κ2) is 6.76. The van der Waals surface area contributed by atoms with Crippen LogP contribution in [0.5, 0.6) is 5.75 Å². The minimum absolute atomic E-state index is 0.114. The Hall–Kier alpha value is -2.34. The predicted octanol–water partition coefficient (Wildman–Crippen LogP) is 3.61. The van der Waals surface area contributed by atoms with Gasteiger partial charge in [-0.2, -0.15) is 0 Å². The minimum atomic E-state index is -0.845. The van der Waals surface area contributed by atoms with Crippen LogP contribution >= 0.6 is 11.3 Å². The lowest BCUT2D eigenvalue weighted by atomic mass is 9.80. The number of imide groups is 1. The number of nitrogens with zero attached hydrogens (tertiary/aromatic N) is 1. The van der Waals surface area contributed by atoms with Gasteiger partial charge in [-0.3, -0.25) is 9.69 Å². The van der Waals surface area contributed by atoms with Crippen molar-refractivity contribution >= 4 is 23.3 Å². The summed E-state index contributed by atoms with van der Waals surface area (Å²) in [5.41, 5.74) is 1.29.